The highest BCUT2D eigenvalue weighted by atomic mass is 35.5. The van der Waals surface area contributed by atoms with E-state index < -0.39 is 0 Å². The zero-order valence-corrected chi connectivity index (χ0v) is 11.6. The van der Waals surface area contributed by atoms with Crippen LogP contribution in [0, 0.1) is 0 Å². The molecule has 3 rings (SSSR count). The van der Waals surface area contributed by atoms with Crippen molar-refractivity contribution in [2.75, 3.05) is 12.4 Å². The van der Waals surface area contributed by atoms with Gasteiger partial charge in [-0.3, -0.25) is 0 Å². The number of fused-ring (bicyclic) bond motifs is 1. The highest BCUT2D eigenvalue weighted by molar-refractivity contribution is 7.99. The number of hydrogen-bond donors (Lipinski definition) is 2. The van der Waals surface area contributed by atoms with Crippen LogP contribution < -0.4 is 5.32 Å². The van der Waals surface area contributed by atoms with E-state index in [9.17, 15) is 0 Å². The molecule has 0 unspecified atom stereocenters. The fourth-order valence-electron chi connectivity index (χ4n) is 1.61. The molecule has 0 atom stereocenters. The summed E-state index contributed by atoms with van der Waals surface area (Å²) in [5.74, 6) is 0.531. The molecule has 0 aliphatic rings. The molecule has 0 saturated carbocycles. The molecule has 0 radical (unpaired) electrons. The van der Waals surface area contributed by atoms with Gasteiger partial charge in [0.05, 0.1) is 22.3 Å². The van der Waals surface area contributed by atoms with E-state index >= 15 is 0 Å². The van der Waals surface area contributed by atoms with Crippen molar-refractivity contribution >= 4 is 40.3 Å². The van der Waals surface area contributed by atoms with Crippen LogP contribution in [-0.2, 0) is 0 Å². The van der Waals surface area contributed by atoms with E-state index in [0.29, 0.717) is 16.0 Å². The van der Waals surface area contributed by atoms with Crippen molar-refractivity contribution in [3.05, 3.63) is 35.5 Å². The van der Waals surface area contributed by atoms with Gasteiger partial charge < -0.3 is 10.3 Å². The molecular formula is C12H10ClN5S. The molecule has 3 aromatic rings. The van der Waals surface area contributed by atoms with Crippen LogP contribution in [-0.4, -0.2) is 27.0 Å². The van der Waals surface area contributed by atoms with E-state index in [1.165, 1.54) is 11.8 Å². The molecule has 0 saturated heterocycles. The predicted molar refractivity (Wildman–Crippen MR) is 76.8 cm³/mol. The Hall–Kier alpha value is -1.79. The second-order valence-electron chi connectivity index (χ2n) is 3.76. The number of rotatable bonds is 3. The zero-order chi connectivity index (χ0) is 13.2. The first-order valence-corrected chi connectivity index (χ1v) is 6.78. The molecule has 5 nitrogen and oxygen atoms in total. The Bertz CT molecular complexity index is 694. The van der Waals surface area contributed by atoms with E-state index in [1.54, 1.807) is 13.2 Å². The summed E-state index contributed by atoms with van der Waals surface area (Å²) in [7, 11) is 1.76. The lowest BCUT2D eigenvalue weighted by Crippen LogP contribution is -1.97. The zero-order valence-electron chi connectivity index (χ0n) is 10.0. The Morgan fingerprint density at radius 1 is 1.26 bits per heavy atom. The molecule has 2 aromatic heterocycles. The Morgan fingerprint density at radius 3 is 2.89 bits per heavy atom. The minimum Gasteiger partial charge on any atom is -0.357 e. The smallest absolute Gasteiger partial charge is 0.223 e. The van der Waals surface area contributed by atoms with Crippen molar-refractivity contribution in [1.82, 2.24) is 19.9 Å². The standard InChI is InChI=1S/C12H10ClN5S/c1-14-11-15-6-7(13)10(18-11)19-12-16-8-4-2-3-5-9(8)17-12/h2-6H,1H3,(H,16,17)(H,14,15,18). The van der Waals surface area contributed by atoms with Gasteiger partial charge in [0.25, 0.3) is 0 Å². The number of para-hydroxylation sites is 2. The van der Waals surface area contributed by atoms with Gasteiger partial charge in [0.2, 0.25) is 5.95 Å². The Balaban J connectivity index is 1.96. The van der Waals surface area contributed by atoms with Gasteiger partial charge in [-0.05, 0) is 23.9 Å². The summed E-state index contributed by atoms with van der Waals surface area (Å²) < 4.78 is 0. The number of H-pyrrole nitrogens is 1. The first-order chi connectivity index (χ1) is 9.26. The van der Waals surface area contributed by atoms with Crippen LogP contribution in [0.2, 0.25) is 5.02 Å². The molecule has 19 heavy (non-hydrogen) atoms. The number of imidazole rings is 1. The molecule has 0 bridgehead atoms. The van der Waals surface area contributed by atoms with Gasteiger partial charge in [0.15, 0.2) is 5.16 Å². The average Bonchev–Trinajstić information content (AvgIpc) is 2.83. The highest BCUT2D eigenvalue weighted by Crippen LogP contribution is 2.31. The highest BCUT2D eigenvalue weighted by Gasteiger charge is 2.10. The maximum Gasteiger partial charge on any atom is 0.223 e. The van der Waals surface area contributed by atoms with Gasteiger partial charge in [-0.15, -0.1) is 0 Å². The third-order valence-corrected chi connectivity index (χ3v) is 3.78. The quantitative estimate of drug-likeness (QED) is 0.725. The van der Waals surface area contributed by atoms with Crippen molar-refractivity contribution in [1.29, 1.82) is 0 Å². The van der Waals surface area contributed by atoms with Gasteiger partial charge in [0.1, 0.15) is 5.03 Å². The fraction of sp³-hybridized carbons (Fsp3) is 0.0833. The lowest BCUT2D eigenvalue weighted by molar-refractivity contribution is 1.02. The molecule has 0 aliphatic heterocycles. The molecule has 0 spiro atoms. The topological polar surface area (TPSA) is 66.5 Å². The number of halogens is 1. The molecule has 7 heteroatoms. The van der Waals surface area contributed by atoms with Crippen molar-refractivity contribution in [3.63, 3.8) is 0 Å². The van der Waals surface area contributed by atoms with Crippen LogP contribution in [0.3, 0.4) is 0 Å². The van der Waals surface area contributed by atoms with Crippen molar-refractivity contribution < 1.29 is 0 Å². The molecule has 96 valence electrons. The van der Waals surface area contributed by atoms with Gasteiger partial charge in [0, 0.05) is 7.05 Å². The van der Waals surface area contributed by atoms with E-state index in [0.717, 1.165) is 16.2 Å². The van der Waals surface area contributed by atoms with E-state index in [-0.39, 0.29) is 0 Å². The van der Waals surface area contributed by atoms with Crippen LogP contribution in [0.25, 0.3) is 11.0 Å². The summed E-state index contributed by atoms with van der Waals surface area (Å²) in [5, 5.41) is 4.81. The second-order valence-corrected chi connectivity index (χ2v) is 5.14. The average molecular weight is 292 g/mol. The molecule has 0 fully saturated rings. The minimum atomic E-state index is 0.504. The second kappa shape index (κ2) is 5.07. The number of hydrogen-bond acceptors (Lipinski definition) is 5. The Morgan fingerprint density at radius 2 is 2.11 bits per heavy atom. The molecule has 2 heterocycles. The van der Waals surface area contributed by atoms with Crippen LogP contribution in [0.15, 0.2) is 40.6 Å². The number of nitrogens with one attached hydrogen (secondary N) is 2. The number of anilines is 1. The summed E-state index contributed by atoms with van der Waals surface area (Å²) in [6.07, 6.45) is 1.57. The molecule has 0 amide bonds. The Kier molecular flexibility index (Phi) is 3.27. The number of aromatic nitrogens is 4. The predicted octanol–water partition coefficient (Wildman–Crippen LogP) is 3.20. The van der Waals surface area contributed by atoms with E-state index in [1.807, 2.05) is 24.3 Å². The molecular weight excluding hydrogens is 282 g/mol. The number of aromatic amines is 1. The summed E-state index contributed by atoms with van der Waals surface area (Å²) in [4.78, 5) is 16.0. The maximum absolute atomic E-state index is 6.09. The van der Waals surface area contributed by atoms with Gasteiger partial charge in [-0.1, -0.05) is 23.7 Å². The van der Waals surface area contributed by atoms with Crippen molar-refractivity contribution in [3.8, 4) is 0 Å². The van der Waals surface area contributed by atoms with Crippen molar-refractivity contribution in [2.24, 2.45) is 0 Å². The van der Waals surface area contributed by atoms with E-state index in [2.05, 4.69) is 25.3 Å². The monoisotopic (exact) mass is 291 g/mol. The Labute approximate surface area is 118 Å². The minimum absolute atomic E-state index is 0.504. The van der Waals surface area contributed by atoms with Crippen molar-refractivity contribution in [2.45, 2.75) is 10.2 Å². The lowest BCUT2D eigenvalue weighted by Gasteiger charge is -2.02. The SMILES string of the molecule is CNc1ncc(Cl)c(Sc2nc3ccccc3[nH]2)n1. The third kappa shape index (κ3) is 2.50. The summed E-state index contributed by atoms with van der Waals surface area (Å²) in [5.41, 5.74) is 1.91. The number of benzene rings is 1. The van der Waals surface area contributed by atoms with E-state index in [4.69, 9.17) is 11.6 Å². The van der Waals surface area contributed by atoms with Crippen LogP contribution in [0.1, 0.15) is 0 Å². The fourth-order valence-corrected chi connectivity index (χ4v) is 2.59. The van der Waals surface area contributed by atoms with Crippen LogP contribution >= 0.6 is 23.4 Å². The first-order valence-electron chi connectivity index (χ1n) is 5.59. The number of nitrogens with zero attached hydrogens (tertiary/aromatic N) is 3. The molecule has 0 aliphatic carbocycles. The molecule has 2 N–H and O–H groups in total. The largest absolute Gasteiger partial charge is 0.357 e. The summed E-state index contributed by atoms with van der Waals surface area (Å²) >= 11 is 7.47. The normalized spacial score (nSPS) is 10.8. The van der Waals surface area contributed by atoms with Gasteiger partial charge in [-0.25, -0.2) is 15.0 Å². The maximum atomic E-state index is 6.09. The molecule has 1 aromatic carbocycles. The third-order valence-electron chi connectivity index (χ3n) is 2.50. The summed E-state index contributed by atoms with van der Waals surface area (Å²) in [6.45, 7) is 0. The summed E-state index contributed by atoms with van der Waals surface area (Å²) in [6, 6.07) is 7.85. The van der Waals surface area contributed by atoms with Crippen LogP contribution in [0.5, 0.6) is 0 Å². The van der Waals surface area contributed by atoms with Gasteiger partial charge in [-0.2, -0.15) is 0 Å². The first kappa shape index (κ1) is 12.3. The lowest BCUT2D eigenvalue weighted by atomic mass is 10.3. The van der Waals surface area contributed by atoms with Crippen LogP contribution in [0.4, 0.5) is 5.95 Å². The van der Waals surface area contributed by atoms with Gasteiger partial charge >= 0.3 is 0 Å².